The Kier molecular flexibility index (Phi) is 5.67. The van der Waals surface area contributed by atoms with Crippen LogP contribution in [0.4, 0.5) is 10.5 Å². The highest BCUT2D eigenvalue weighted by Gasteiger charge is 2.05. The van der Waals surface area contributed by atoms with Crippen LogP contribution in [0.25, 0.3) is 0 Å². The van der Waals surface area contributed by atoms with Crippen LogP contribution in [0.2, 0.25) is 5.02 Å². The van der Waals surface area contributed by atoms with Crippen LogP contribution in [0.5, 0.6) is 5.75 Å². The molecule has 0 aliphatic heterocycles. The first kappa shape index (κ1) is 16.2. The van der Waals surface area contributed by atoms with Gasteiger partial charge < -0.3 is 15.4 Å². The lowest BCUT2D eigenvalue weighted by atomic mass is 10.2. The topological polar surface area (TPSA) is 50.4 Å². The lowest BCUT2D eigenvalue weighted by molar-refractivity contribution is 0.251. The fraction of sp³-hybridized carbons (Fsp3) is 0.235. The summed E-state index contributed by atoms with van der Waals surface area (Å²) in [5, 5.41) is 6.20. The highest BCUT2D eigenvalue weighted by molar-refractivity contribution is 6.31. The third kappa shape index (κ3) is 4.67. The summed E-state index contributed by atoms with van der Waals surface area (Å²) in [5.41, 5.74) is 2.67. The summed E-state index contributed by atoms with van der Waals surface area (Å²) in [7, 11) is 0. The molecule has 2 aromatic carbocycles. The Morgan fingerprint density at radius 1 is 1.18 bits per heavy atom. The van der Waals surface area contributed by atoms with Crippen molar-refractivity contribution in [3.8, 4) is 5.75 Å². The summed E-state index contributed by atoms with van der Waals surface area (Å²) in [4.78, 5) is 11.9. The molecule has 0 fully saturated rings. The molecular weight excluding hydrogens is 300 g/mol. The number of carbonyl (C=O) groups is 1. The Hall–Kier alpha value is -2.20. The zero-order chi connectivity index (χ0) is 15.9. The van der Waals surface area contributed by atoms with E-state index in [0.29, 0.717) is 23.9 Å². The zero-order valence-corrected chi connectivity index (χ0v) is 13.4. The van der Waals surface area contributed by atoms with Crippen LogP contribution in [0.1, 0.15) is 18.1 Å². The van der Waals surface area contributed by atoms with Crippen LogP contribution in [0, 0.1) is 6.92 Å². The van der Waals surface area contributed by atoms with E-state index in [0.717, 1.165) is 16.9 Å². The normalized spacial score (nSPS) is 10.1. The number of rotatable bonds is 5. The molecule has 2 rings (SSSR count). The minimum atomic E-state index is -0.265. The van der Waals surface area contributed by atoms with Gasteiger partial charge in [-0.05, 0) is 49.2 Å². The van der Waals surface area contributed by atoms with Crippen molar-refractivity contribution in [3.05, 3.63) is 58.6 Å². The molecule has 0 saturated carbocycles. The van der Waals surface area contributed by atoms with Crippen molar-refractivity contribution < 1.29 is 9.53 Å². The third-order valence-corrected chi connectivity index (χ3v) is 3.37. The fourth-order valence-corrected chi connectivity index (χ4v) is 2.12. The summed E-state index contributed by atoms with van der Waals surface area (Å²) in [6.45, 7) is 4.94. The number of amides is 2. The highest BCUT2D eigenvalue weighted by Crippen LogP contribution is 2.20. The molecule has 0 bridgehead atoms. The monoisotopic (exact) mass is 318 g/mol. The van der Waals surface area contributed by atoms with E-state index in [-0.39, 0.29) is 6.03 Å². The number of nitrogens with one attached hydrogen (secondary N) is 2. The number of ether oxygens (including phenoxy) is 1. The Bertz CT molecular complexity index is 642. The summed E-state index contributed by atoms with van der Waals surface area (Å²) in [6.07, 6.45) is 0. The molecule has 0 saturated heterocycles. The molecule has 2 amide bonds. The molecule has 0 radical (unpaired) electrons. The van der Waals surface area contributed by atoms with E-state index in [1.807, 2.05) is 44.2 Å². The van der Waals surface area contributed by atoms with Crippen LogP contribution in [-0.4, -0.2) is 12.6 Å². The number of carbonyl (C=O) groups excluding carboxylic acids is 1. The van der Waals surface area contributed by atoms with Gasteiger partial charge >= 0.3 is 6.03 Å². The second-order valence-electron chi connectivity index (χ2n) is 4.84. The summed E-state index contributed by atoms with van der Waals surface area (Å²) >= 11 is 5.93. The van der Waals surface area contributed by atoms with Gasteiger partial charge in [0, 0.05) is 17.3 Å². The SMILES string of the molecule is CCOc1ccc(CNC(=O)Nc2cc(Cl)ccc2C)cc1. The first-order valence-corrected chi connectivity index (χ1v) is 7.49. The summed E-state index contributed by atoms with van der Waals surface area (Å²) < 4.78 is 5.38. The van der Waals surface area contributed by atoms with Crippen molar-refractivity contribution in [2.45, 2.75) is 20.4 Å². The van der Waals surface area contributed by atoms with Crippen molar-refractivity contribution in [2.75, 3.05) is 11.9 Å². The van der Waals surface area contributed by atoms with E-state index in [9.17, 15) is 4.79 Å². The maximum absolute atomic E-state index is 11.9. The molecular formula is C17H19ClN2O2. The largest absolute Gasteiger partial charge is 0.494 e. The predicted octanol–water partition coefficient (Wildman–Crippen LogP) is 4.37. The Morgan fingerprint density at radius 3 is 2.59 bits per heavy atom. The predicted molar refractivity (Wildman–Crippen MR) is 89.7 cm³/mol. The number of benzene rings is 2. The van der Waals surface area contributed by atoms with Crippen LogP contribution in [0.3, 0.4) is 0 Å². The number of hydrogen-bond donors (Lipinski definition) is 2. The quantitative estimate of drug-likeness (QED) is 0.860. The maximum atomic E-state index is 11.9. The number of aryl methyl sites for hydroxylation is 1. The molecule has 22 heavy (non-hydrogen) atoms. The molecule has 5 heteroatoms. The average molecular weight is 319 g/mol. The Balaban J connectivity index is 1.88. The second kappa shape index (κ2) is 7.71. The number of urea groups is 1. The molecule has 0 spiro atoms. The first-order chi connectivity index (χ1) is 10.6. The van der Waals surface area contributed by atoms with Gasteiger partial charge in [-0.2, -0.15) is 0 Å². The molecule has 0 unspecified atom stereocenters. The van der Waals surface area contributed by atoms with E-state index < -0.39 is 0 Å². The molecule has 0 heterocycles. The molecule has 116 valence electrons. The first-order valence-electron chi connectivity index (χ1n) is 7.11. The van der Waals surface area contributed by atoms with Crippen molar-refractivity contribution >= 4 is 23.3 Å². The molecule has 0 aliphatic carbocycles. The minimum absolute atomic E-state index is 0.265. The fourth-order valence-electron chi connectivity index (χ4n) is 1.95. The summed E-state index contributed by atoms with van der Waals surface area (Å²) in [6, 6.07) is 12.8. The molecule has 0 aromatic heterocycles. The van der Waals surface area contributed by atoms with Crippen molar-refractivity contribution in [3.63, 3.8) is 0 Å². The number of halogens is 1. The highest BCUT2D eigenvalue weighted by atomic mass is 35.5. The molecule has 0 aliphatic rings. The van der Waals surface area contributed by atoms with Crippen molar-refractivity contribution in [1.29, 1.82) is 0 Å². The molecule has 0 atom stereocenters. The van der Waals surface area contributed by atoms with Crippen LogP contribution >= 0.6 is 11.6 Å². The lowest BCUT2D eigenvalue weighted by Gasteiger charge is -2.10. The summed E-state index contributed by atoms with van der Waals surface area (Å²) in [5.74, 6) is 0.824. The maximum Gasteiger partial charge on any atom is 0.319 e. The lowest BCUT2D eigenvalue weighted by Crippen LogP contribution is -2.28. The molecule has 2 N–H and O–H groups in total. The van der Waals surface area contributed by atoms with Gasteiger partial charge in [0.2, 0.25) is 0 Å². The average Bonchev–Trinajstić information content (AvgIpc) is 2.51. The van der Waals surface area contributed by atoms with Crippen LogP contribution in [-0.2, 0) is 6.54 Å². The Labute approximate surface area is 135 Å². The van der Waals surface area contributed by atoms with E-state index in [1.165, 1.54) is 0 Å². The van der Waals surface area contributed by atoms with Gasteiger partial charge in [-0.3, -0.25) is 0 Å². The van der Waals surface area contributed by atoms with Gasteiger partial charge in [-0.15, -0.1) is 0 Å². The van der Waals surface area contributed by atoms with Gasteiger partial charge in [-0.1, -0.05) is 29.8 Å². The standard InChI is InChI=1S/C17H19ClN2O2/c1-3-22-15-8-5-13(6-9-15)11-19-17(21)20-16-10-14(18)7-4-12(16)2/h4-10H,3,11H2,1-2H3,(H2,19,20,21). The molecule has 2 aromatic rings. The van der Waals surface area contributed by atoms with E-state index in [1.54, 1.807) is 12.1 Å². The minimum Gasteiger partial charge on any atom is -0.494 e. The van der Waals surface area contributed by atoms with Gasteiger partial charge in [-0.25, -0.2) is 4.79 Å². The van der Waals surface area contributed by atoms with Gasteiger partial charge in [0.1, 0.15) is 5.75 Å². The molecule has 4 nitrogen and oxygen atoms in total. The second-order valence-corrected chi connectivity index (χ2v) is 5.28. The number of anilines is 1. The van der Waals surface area contributed by atoms with Crippen molar-refractivity contribution in [2.24, 2.45) is 0 Å². The van der Waals surface area contributed by atoms with Gasteiger partial charge in [0.25, 0.3) is 0 Å². The van der Waals surface area contributed by atoms with Gasteiger partial charge in [0.05, 0.1) is 6.61 Å². The van der Waals surface area contributed by atoms with Crippen LogP contribution < -0.4 is 15.4 Å². The zero-order valence-electron chi connectivity index (χ0n) is 12.7. The van der Waals surface area contributed by atoms with E-state index in [2.05, 4.69) is 10.6 Å². The smallest absolute Gasteiger partial charge is 0.319 e. The number of hydrogen-bond acceptors (Lipinski definition) is 2. The van der Waals surface area contributed by atoms with Crippen molar-refractivity contribution in [1.82, 2.24) is 5.32 Å². The van der Waals surface area contributed by atoms with Crippen LogP contribution in [0.15, 0.2) is 42.5 Å². The Morgan fingerprint density at radius 2 is 1.91 bits per heavy atom. The van der Waals surface area contributed by atoms with Gasteiger partial charge in [0.15, 0.2) is 0 Å². The third-order valence-electron chi connectivity index (χ3n) is 3.14. The van der Waals surface area contributed by atoms with E-state index >= 15 is 0 Å². The van der Waals surface area contributed by atoms with E-state index in [4.69, 9.17) is 16.3 Å².